The summed E-state index contributed by atoms with van der Waals surface area (Å²) in [5.41, 5.74) is 3.10. The fourth-order valence-corrected chi connectivity index (χ4v) is 2.70. The molecule has 10 heteroatoms. The van der Waals surface area contributed by atoms with Gasteiger partial charge in [0.05, 0.1) is 7.11 Å². The molecule has 0 aliphatic carbocycles. The topological polar surface area (TPSA) is 98.8 Å². The van der Waals surface area contributed by atoms with E-state index in [1.165, 1.54) is 13.3 Å². The predicted octanol–water partition coefficient (Wildman–Crippen LogP) is 3.80. The summed E-state index contributed by atoms with van der Waals surface area (Å²) < 4.78 is 17.9. The van der Waals surface area contributed by atoms with Gasteiger partial charge in [-0.3, -0.25) is 4.79 Å². The lowest BCUT2D eigenvalue weighted by atomic mass is 10.2. The number of hydrazone groups is 1. The van der Waals surface area contributed by atoms with E-state index in [9.17, 15) is 4.79 Å². The van der Waals surface area contributed by atoms with Crippen LogP contribution in [-0.4, -0.2) is 36.0 Å². The van der Waals surface area contributed by atoms with Gasteiger partial charge in [-0.15, -0.1) is 10.2 Å². The summed E-state index contributed by atoms with van der Waals surface area (Å²) in [5.74, 6) is 1.02. The van der Waals surface area contributed by atoms with Crippen LogP contribution in [0.4, 0.5) is 0 Å². The Hall–Kier alpha value is -2.72. The molecule has 0 fully saturated rings. The molecule has 1 N–H and O–H groups in total. The number of nitrogens with one attached hydrogen (secondary N) is 1. The van der Waals surface area contributed by atoms with Gasteiger partial charge in [0, 0.05) is 14.5 Å². The zero-order valence-corrected chi connectivity index (χ0v) is 17.7. The molecule has 0 unspecified atom stereocenters. The highest BCUT2D eigenvalue weighted by Crippen LogP contribution is 2.30. The highest BCUT2D eigenvalue weighted by Gasteiger charge is 2.09. The Bertz CT molecular complexity index is 990. The third-order valence-corrected chi connectivity index (χ3v) is 4.40. The van der Waals surface area contributed by atoms with Crippen LogP contribution >= 0.6 is 31.9 Å². The Morgan fingerprint density at radius 3 is 2.64 bits per heavy atom. The second-order valence-corrected chi connectivity index (χ2v) is 7.16. The summed E-state index contributed by atoms with van der Waals surface area (Å²) in [5, 5.41) is 11.6. The van der Waals surface area contributed by atoms with Crippen molar-refractivity contribution in [3.05, 3.63) is 57.3 Å². The lowest BCUT2D eigenvalue weighted by Gasteiger charge is -2.09. The van der Waals surface area contributed by atoms with Crippen molar-refractivity contribution >= 4 is 44.0 Å². The third kappa shape index (κ3) is 5.40. The van der Waals surface area contributed by atoms with Crippen molar-refractivity contribution in [2.45, 2.75) is 0 Å². The molecule has 3 rings (SSSR count). The molecule has 1 amide bonds. The summed E-state index contributed by atoms with van der Waals surface area (Å²) in [6.45, 7) is -0.233. The molecule has 0 aliphatic heterocycles. The van der Waals surface area contributed by atoms with Crippen LogP contribution in [-0.2, 0) is 4.79 Å². The molecule has 144 valence electrons. The molecule has 0 saturated carbocycles. The van der Waals surface area contributed by atoms with Crippen LogP contribution < -0.4 is 14.9 Å². The first kappa shape index (κ1) is 20.0. The number of hydrogen-bond acceptors (Lipinski definition) is 7. The van der Waals surface area contributed by atoms with Gasteiger partial charge >= 0.3 is 0 Å². The van der Waals surface area contributed by atoms with E-state index in [1.54, 1.807) is 18.2 Å². The Morgan fingerprint density at radius 2 is 1.89 bits per heavy atom. The number of methoxy groups -OCH3 is 1. The first-order valence-electron chi connectivity index (χ1n) is 7.93. The fraction of sp³-hybridized carbons (Fsp3) is 0.111. The van der Waals surface area contributed by atoms with Gasteiger partial charge in [0.25, 0.3) is 11.8 Å². The average molecular weight is 510 g/mol. The maximum Gasteiger partial charge on any atom is 0.277 e. The molecule has 1 aromatic heterocycles. The molecule has 0 saturated heterocycles. The van der Waals surface area contributed by atoms with E-state index in [4.69, 9.17) is 13.9 Å². The quantitative estimate of drug-likeness (QED) is 0.384. The molecule has 28 heavy (non-hydrogen) atoms. The Balaban J connectivity index is 1.52. The molecule has 3 aromatic rings. The lowest BCUT2D eigenvalue weighted by molar-refractivity contribution is -0.123. The largest absolute Gasteiger partial charge is 0.493 e. The Kier molecular flexibility index (Phi) is 6.77. The van der Waals surface area contributed by atoms with Gasteiger partial charge < -0.3 is 13.9 Å². The number of amides is 1. The highest BCUT2D eigenvalue weighted by molar-refractivity contribution is 9.10. The zero-order chi connectivity index (χ0) is 19.9. The smallest absolute Gasteiger partial charge is 0.277 e. The summed E-state index contributed by atoms with van der Waals surface area (Å²) in [4.78, 5) is 11.9. The summed E-state index contributed by atoms with van der Waals surface area (Å²) in [6, 6.07) is 12.6. The van der Waals surface area contributed by atoms with Crippen molar-refractivity contribution in [3.8, 4) is 23.0 Å². The van der Waals surface area contributed by atoms with Gasteiger partial charge in [-0.25, -0.2) is 5.43 Å². The molecule has 1 heterocycles. The second-order valence-electron chi connectivity index (χ2n) is 5.33. The molecule has 0 spiro atoms. The molecular weight excluding hydrogens is 496 g/mol. The molecule has 0 aliphatic rings. The molecule has 2 aromatic carbocycles. The van der Waals surface area contributed by atoms with Gasteiger partial charge in [0.1, 0.15) is 6.21 Å². The van der Waals surface area contributed by atoms with Crippen LogP contribution in [0.15, 0.2) is 60.9 Å². The van der Waals surface area contributed by atoms with Gasteiger partial charge in [0.2, 0.25) is 5.89 Å². The van der Waals surface area contributed by atoms with E-state index < -0.39 is 5.91 Å². The molecule has 0 bridgehead atoms. The Labute approximate surface area is 177 Å². The van der Waals surface area contributed by atoms with E-state index in [0.717, 1.165) is 14.5 Å². The van der Waals surface area contributed by atoms with Crippen LogP contribution in [0.3, 0.4) is 0 Å². The third-order valence-electron chi connectivity index (χ3n) is 3.38. The summed E-state index contributed by atoms with van der Waals surface area (Å²) in [7, 11) is 1.52. The monoisotopic (exact) mass is 508 g/mol. The minimum Gasteiger partial charge on any atom is -0.493 e. The summed E-state index contributed by atoms with van der Waals surface area (Å²) >= 11 is 6.70. The Morgan fingerprint density at radius 1 is 1.14 bits per heavy atom. The maximum atomic E-state index is 11.9. The van der Waals surface area contributed by atoms with E-state index in [0.29, 0.717) is 17.4 Å². The van der Waals surface area contributed by atoms with Crippen molar-refractivity contribution < 1.29 is 18.7 Å². The first-order chi connectivity index (χ1) is 13.5. The predicted molar refractivity (Wildman–Crippen MR) is 109 cm³/mol. The fourth-order valence-electron chi connectivity index (χ4n) is 2.09. The molecular formula is C18H14Br2N4O4. The number of rotatable bonds is 7. The van der Waals surface area contributed by atoms with Gasteiger partial charge in [-0.1, -0.05) is 31.9 Å². The lowest BCUT2D eigenvalue weighted by Crippen LogP contribution is -2.24. The number of carbonyl (C=O) groups excluding carboxylic acids is 1. The normalized spacial score (nSPS) is 10.8. The van der Waals surface area contributed by atoms with Crippen molar-refractivity contribution in [3.63, 3.8) is 0 Å². The highest BCUT2D eigenvalue weighted by atomic mass is 79.9. The minimum atomic E-state index is -0.450. The number of carbonyl (C=O) groups is 1. The van der Waals surface area contributed by atoms with Crippen molar-refractivity contribution in [2.75, 3.05) is 13.7 Å². The van der Waals surface area contributed by atoms with E-state index in [2.05, 4.69) is 52.6 Å². The second kappa shape index (κ2) is 9.47. The van der Waals surface area contributed by atoms with Gasteiger partial charge in [-0.2, -0.15) is 5.10 Å². The van der Waals surface area contributed by atoms with E-state index >= 15 is 0 Å². The summed E-state index contributed by atoms with van der Waals surface area (Å²) in [6.07, 6.45) is 1.26. The number of ether oxygens (including phenoxy) is 2. The van der Waals surface area contributed by atoms with E-state index in [1.807, 2.05) is 24.3 Å². The van der Waals surface area contributed by atoms with Crippen LogP contribution in [0.25, 0.3) is 11.5 Å². The zero-order valence-electron chi connectivity index (χ0n) is 14.6. The van der Waals surface area contributed by atoms with Crippen LogP contribution in [0.1, 0.15) is 5.89 Å². The average Bonchev–Trinajstić information content (AvgIpc) is 3.16. The number of halogens is 2. The molecule has 8 nitrogen and oxygen atoms in total. The minimum absolute atomic E-state index is 0.161. The van der Waals surface area contributed by atoms with Crippen LogP contribution in [0, 0.1) is 0 Å². The van der Waals surface area contributed by atoms with Crippen LogP contribution in [0.5, 0.6) is 11.5 Å². The molecule has 0 radical (unpaired) electrons. The van der Waals surface area contributed by atoms with E-state index in [-0.39, 0.29) is 12.5 Å². The number of aromatic nitrogens is 2. The van der Waals surface area contributed by atoms with Crippen molar-refractivity contribution in [1.29, 1.82) is 0 Å². The number of benzene rings is 2. The number of hydrogen-bond donors (Lipinski definition) is 1. The van der Waals surface area contributed by atoms with Crippen molar-refractivity contribution in [2.24, 2.45) is 5.10 Å². The van der Waals surface area contributed by atoms with Crippen molar-refractivity contribution in [1.82, 2.24) is 15.6 Å². The SMILES string of the molecule is COc1cc(Br)ccc1OCC(=O)N/N=C/c1nnc(-c2ccc(Br)cc2)o1. The van der Waals surface area contributed by atoms with Gasteiger partial charge in [-0.05, 0) is 42.5 Å². The van der Waals surface area contributed by atoms with Gasteiger partial charge in [0.15, 0.2) is 18.1 Å². The first-order valence-corrected chi connectivity index (χ1v) is 9.51. The van der Waals surface area contributed by atoms with Crippen LogP contribution in [0.2, 0.25) is 0 Å². The maximum absolute atomic E-state index is 11.9. The number of nitrogens with zero attached hydrogens (tertiary/aromatic N) is 3. The standard InChI is InChI=1S/C18H14Br2N4O4/c1-26-15-8-13(20)6-7-14(15)27-10-16(25)22-21-9-17-23-24-18(28-17)11-2-4-12(19)5-3-11/h2-9H,10H2,1H3,(H,22,25)/b21-9+. The molecule has 0 atom stereocenters.